The molecule has 0 radical (unpaired) electrons. The largest absolute Gasteiger partial charge is 0.481 e. The molecule has 1 aliphatic heterocycles. The van der Waals surface area contributed by atoms with Crippen LogP contribution in [0.2, 0.25) is 0 Å². The van der Waals surface area contributed by atoms with Crippen molar-refractivity contribution in [2.75, 3.05) is 13.2 Å². The maximum absolute atomic E-state index is 12.8. The standard InChI is InChI=1S/C15H19FN2O4/c1-10(22-13-4-2-12(16)3-5-13)14(19)17-18-15(20)11-6-8-21-9-7-11/h2-5,10-11H,6-9H2,1H3,(H,17,19)(H,18,20). The Labute approximate surface area is 127 Å². The molecule has 1 heterocycles. The Bertz CT molecular complexity index is 515. The van der Waals surface area contributed by atoms with Crippen molar-refractivity contribution < 1.29 is 23.5 Å². The van der Waals surface area contributed by atoms with Gasteiger partial charge in [0.15, 0.2) is 6.10 Å². The second-order valence-electron chi connectivity index (χ2n) is 5.08. The molecule has 1 aliphatic rings. The Kier molecular flexibility index (Phi) is 5.71. The Morgan fingerprint density at radius 3 is 2.50 bits per heavy atom. The molecule has 1 saturated heterocycles. The smallest absolute Gasteiger partial charge is 0.279 e. The Morgan fingerprint density at radius 1 is 1.23 bits per heavy atom. The molecule has 7 heteroatoms. The summed E-state index contributed by atoms with van der Waals surface area (Å²) in [4.78, 5) is 23.7. The number of rotatable bonds is 4. The Hall–Kier alpha value is -2.15. The molecule has 22 heavy (non-hydrogen) atoms. The quantitative estimate of drug-likeness (QED) is 0.819. The molecular weight excluding hydrogens is 291 g/mol. The number of halogens is 1. The minimum atomic E-state index is -0.819. The summed E-state index contributed by atoms with van der Waals surface area (Å²) in [6, 6.07) is 5.35. The lowest BCUT2D eigenvalue weighted by Gasteiger charge is -2.22. The second-order valence-corrected chi connectivity index (χ2v) is 5.08. The average molecular weight is 310 g/mol. The fourth-order valence-electron chi connectivity index (χ4n) is 2.06. The Morgan fingerprint density at radius 2 is 1.86 bits per heavy atom. The van der Waals surface area contributed by atoms with Crippen LogP contribution < -0.4 is 15.6 Å². The molecule has 120 valence electrons. The molecule has 1 atom stereocenters. The van der Waals surface area contributed by atoms with Crippen LogP contribution in [0.25, 0.3) is 0 Å². The third-order valence-corrected chi connectivity index (χ3v) is 3.40. The van der Waals surface area contributed by atoms with Crippen LogP contribution in [0.15, 0.2) is 24.3 Å². The van der Waals surface area contributed by atoms with Crippen molar-refractivity contribution >= 4 is 11.8 Å². The van der Waals surface area contributed by atoms with E-state index in [-0.39, 0.29) is 17.6 Å². The number of amides is 2. The Balaban J connectivity index is 1.76. The third-order valence-electron chi connectivity index (χ3n) is 3.40. The average Bonchev–Trinajstić information content (AvgIpc) is 2.55. The highest BCUT2D eigenvalue weighted by Crippen LogP contribution is 2.14. The molecule has 2 amide bonds. The molecule has 0 aromatic heterocycles. The van der Waals surface area contributed by atoms with E-state index in [0.717, 1.165) is 0 Å². The van der Waals surface area contributed by atoms with E-state index in [2.05, 4.69) is 10.9 Å². The van der Waals surface area contributed by atoms with Crippen molar-refractivity contribution in [3.05, 3.63) is 30.1 Å². The lowest BCUT2D eigenvalue weighted by atomic mass is 10.00. The SMILES string of the molecule is CC(Oc1ccc(F)cc1)C(=O)NNC(=O)C1CCOCC1. The minimum Gasteiger partial charge on any atom is -0.481 e. The third kappa shape index (κ3) is 4.70. The fraction of sp³-hybridized carbons (Fsp3) is 0.467. The first kappa shape index (κ1) is 16.2. The highest BCUT2D eigenvalue weighted by Gasteiger charge is 2.23. The summed E-state index contributed by atoms with van der Waals surface area (Å²) >= 11 is 0. The second kappa shape index (κ2) is 7.74. The monoisotopic (exact) mass is 310 g/mol. The molecule has 6 nitrogen and oxygen atoms in total. The number of nitrogens with one attached hydrogen (secondary N) is 2. The highest BCUT2D eigenvalue weighted by atomic mass is 19.1. The lowest BCUT2D eigenvalue weighted by molar-refractivity contribution is -0.135. The first-order chi connectivity index (χ1) is 10.6. The van der Waals surface area contributed by atoms with Crippen molar-refractivity contribution in [2.45, 2.75) is 25.9 Å². The number of hydrazine groups is 1. The summed E-state index contributed by atoms with van der Waals surface area (Å²) in [5, 5.41) is 0. The lowest BCUT2D eigenvalue weighted by Crippen LogP contribution is -2.49. The summed E-state index contributed by atoms with van der Waals surface area (Å²) in [6.45, 7) is 2.64. The molecule has 0 bridgehead atoms. The van der Waals surface area contributed by atoms with Crippen LogP contribution in [-0.4, -0.2) is 31.1 Å². The first-order valence-corrected chi connectivity index (χ1v) is 7.16. The molecule has 0 spiro atoms. The van der Waals surface area contributed by atoms with Crippen LogP contribution >= 0.6 is 0 Å². The molecule has 0 saturated carbocycles. The summed E-state index contributed by atoms with van der Waals surface area (Å²) in [7, 11) is 0. The fourth-order valence-corrected chi connectivity index (χ4v) is 2.06. The van der Waals surface area contributed by atoms with Crippen molar-refractivity contribution in [3.63, 3.8) is 0 Å². The normalized spacial score (nSPS) is 16.6. The van der Waals surface area contributed by atoms with E-state index >= 15 is 0 Å². The van der Waals surface area contributed by atoms with Crippen LogP contribution in [0, 0.1) is 11.7 Å². The molecule has 1 fully saturated rings. The van der Waals surface area contributed by atoms with Gasteiger partial charge >= 0.3 is 0 Å². The molecule has 2 rings (SSSR count). The predicted molar refractivity (Wildman–Crippen MR) is 76.3 cm³/mol. The molecule has 1 aromatic carbocycles. The van der Waals surface area contributed by atoms with Gasteiger partial charge in [0.1, 0.15) is 11.6 Å². The highest BCUT2D eigenvalue weighted by molar-refractivity contribution is 5.85. The van der Waals surface area contributed by atoms with Gasteiger partial charge < -0.3 is 9.47 Å². The molecule has 2 N–H and O–H groups in total. The predicted octanol–water partition coefficient (Wildman–Crippen LogP) is 1.17. The van der Waals surface area contributed by atoms with E-state index in [9.17, 15) is 14.0 Å². The van der Waals surface area contributed by atoms with Crippen LogP contribution in [0.4, 0.5) is 4.39 Å². The summed E-state index contributed by atoms with van der Waals surface area (Å²) < 4.78 is 23.3. The van der Waals surface area contributed by atoms with Gasteiger partial charge in [-0.1, -0.05) is 0 Å². The van der Waals surface area contributed by atoms with Gasteiger partial charge in [-0.2, -0.15) is 0 Å². The van der Waals surface area contributed by atoms with Crippen LogP contribution in [-0.2, 0) is 14.3 Å². The van der Waals surface area contributed by atoms with E-state index in [0.29, 0.717) is 31.8 Å². The van der Waals surface area contributed by atoms with E-state index in [1.165, 1.54) is 24.3 Å². The number of ether oxygens (including phenoxy) is 2. The van der Waals surface area contributed by atoms with Gasteiger partial charge in [0, 0.05) is 19.1 Å². The van der Waals surface area contributed by atoms with Crippen LogP contribution in [0.5, 0.6) is 5.75 Å². The minimum absolute atomic E-state index is 0.151. The van der Waals surface area contributed by atoms with Gasteiger partial charge in [-0.3, -0.25) is 20.4 Å². The van der Waals surface area contributed by atoms with Gasteiger partial charge in [-0.25, -0.2) is 4.39 Å². The van der Waals surface area contributed by atoms with Crippen molar-refractivity contribution in [1.29, 1.82) is 0 Å². The number of hydrogen-bond donors (Lipinski definition) is 2. The number of carbonyl (C=O) groups is 2. The van der Waals surface area contributed by atoms with Crippen molar-refractivity contribution in [1.82, 2.24) is 10.9 Å². The van der Waals surface area contributed by atoms with Gasteiger partial charge in [0.25, 0.3) is 5.91 Å². The zero-order valence-electron chi connectivity index (χ0n) is 12.3. The molecule has 1 unspecified atom stereocenters. The van der Waals surface area contributed by atoms with Gasteiger partial charge in [0.05, 0.1) is 0 Å². The summed E-state index contributed by atoms with van der Waals surface area (Å²) in [5.41, 5.74) is 4.73. The van der Waals surface area contributed by atoms with Crippen LogP contribution in [0.3, 0.4) is 0 Å². The molecule has 0 aliphatic carbocycles. The number of benzene rings is 1. The van der Waals surface area contributed by atoms with Crippen molar-refractivity contribution in [2.24, 2.45) is 5.92 Å². The van der Waals surface area contributed by atoms with Crippen molar-refractivity contribution in [3.8, 4) is 5.75 Å². The summed E-state index contributed by atoms with van der Waals surface area (Å²) in [6.07, 6.45) is 0.465. The van der Waals surface area contributed by atoms with E-state index < -0.39 is 12.0 Å². The zero-order valence-corrected chi connectivity index (χ0v) is 12.3. The molecular formula is C15H19FN2O4. The maximum Gasteiger partial charge on any atom is 0.279 e. The number of carbonyl (C=O) groups excluding carboxylic acids is 2. The van der Waals surface area contributed by atoms with Crippen LogP contribution in [0.1, 0.15) is 19.8 Å². The topological polar surface area (TPSA) is 76.7 Å². The molecule has 1 aromatic rings. The zero-order chi connectivity index (χ0) is 15.9. The van der Waals surface area contributed by atoms with Gasteiger partial charge in [-0.05, 0) is 44.0 Å². The van der Waals surface area contributed by atoms with Gasteiger partial charge in [0.2, 0.25) is 5.91 Å². The van der Waals surface area contributed by atoms with E-state index in [4.69, 9.17) is 9.47 Å². The maximum atomic E-state index is 12.8. The van der Waals surface area contributed by atoms with E-state index in [1.54, 1.807) is 6.92 Å². The van der Waals surface area contributed by atoms with Gasteiger partial charge in [-0.15, -0.1) is 0 Å². The van der Waals surface area contributed by atoms with E-state index in [1.807, 2.05) is 0 Å². The first-order valence-electron chi connectivity index (χ1n) is 7.16. The summed E-state index contributed by atoms with van der Waals surface area (Å²) in [5.74, 6) is -0.870. The number of hydrogen-bond acceptors (Lipinski definition) is 4.